The fourth-order valence-electron chi connectivity index (χ4n) is 1.69. The standard InChI is InChI=1S/C14H15N5/c1-4-12(9-11(2)15-3)13-5-7-14(8-6-13)19-10-16-17-18-19/h4-10H,3H2,1-2H3. The molecule has 0 N–H and O–H groups in total. The van der Waals surface area contributed by atoms with E-state index in [1.165, 1.54) is 0 Å². The van der Waals surface area contributed by atoms with Crippen LogP contribution >= 0.6 is 0 Å². The summed E-state index contributed by atoms with van der Waals surface area (Å²) in [5.74, 6) is 0. The minimum atomic E-state index is 0.887. The summed E-state index contributed by atoms with van der Waals surface area (Å²) < 4.78 is 1.62. The highest BCUT2D eigenvalue weighted by molar-refractivity contribution is 5.74. The smallest absolute Gasteiger partial charge is 0.143 e. The van der Waals surface area contributed by atoms with Crippen molar-refractivity contribution in [3.05, 3.63) is 54.0 Å². The number of hydrogen-bond acceptors (Lipinski definition) is 4. The third kappa shape index (κ3) is 3.01. The molecule has 0 bridgehead atoms. The molecule has 19 heavy (non-hydrogen) atoms. The summed E-state index contributed by atoms with van der Waals surface area (Å²) in [5, 5.41) is 11.1. The van der Waals surface area contributed by atoms with E-state index in [1.807, 2.05) is 50.3 Å². The molecule has 1 aromatic heterocycles. The molecule has 0 radical (unpaired) electrons. The first-order valence-corrected chi connectivity index (χ1v) is 5.89. The molecule has 0 unspecified atom stereocenters. The topological polar surface area (TPSA) is 56.0 Å². The van der Waals surface area contributed by atoms with Gasteiger partial charge in [-0.15, -0.1) is 5.10 Å². The number of nitrogens with zero attached hydrogens (tertiary/aromatic N) is 5. The summed E-state index contributed by atoms with van der Waals surface area (Å²) in [6.07, 6.45) is 5.61. The van der Waals surface area contributed by atoms with E-state index < -0.39 is 0 Å². The van der Waals surface area contributed by atoms with Gasteiger partial charge in [0.1, 0.15) is 6.33 Å². The highest BCUT2D eigenvalue weighted by Crippen LogP contribution is 2.19. The Hall–Kier alpha value is -2.56. The molecule has 0 saturated heterocycles. The molecule has 0 fully saturated rings. The van der Waals surface area contributed by atoms with E-state index in [4.69, 9.17) is 0 Å². The van der Waals surface area contributed by atoms with Gasteiger partial charge in [0.2, 0.25) is 0 Å². The van der Waals surface area contributed by atoms with Crippen LogP contribution < -0.4 is 0 Å². The van der Waals surface area contributed by atoms with Crippen molar-refractivity contribution in [2.75, 3.05) is 0 Å². The van der Waals surface area contributed by atoms with Crippen LogP contribution in [0.1, 0.15) is 19.4 Å². The summed E-state index contributed by atoms with van der Waals surface area (Å²) in [4.78, 5) is 3.90. The van der Waals surface area contributed by atoms with E-state index in [9.17, 15) is 0 Å². The molecule has 2 aromatic rings. The minimum Gasteiger partial charge on any atom is -0.269 e. The van der Waals surface area contributed by atoms with Crippen molar-refractivity contribution < 1.29 is 0 Å². The van der Waals surface area contributed by atoms with Gasteiger partial charge < -0.3 is 0 Å². The molecule has 0 amide bonds. The predicted molar refractivity (Wildman–Crippen MR) is 76.1 cm³/mol. The second-order valence-corrected chi connectivity index (χ2v) is 3.99. The lowest BCUT2D eigenvalue weighted by molar-refractivity contribution is 0.789. The lowest BCUT2D eigenvalue weighted by Crippen LogP contribution is -1.95. The highest BCUT2D eigenvalue weighted by Gasteiger charge is 2.01. The first-order valence-electron chi connectivity index (χ1n) is 5.89. The van der Waals surface area contributed by atoms with Gasteiger partial charge >= 0.3 is 0 Å². The maximum absolute atomic E-state index is 3.90. The monoisotopic (exact) mass is 253 g/mol. The van der Waals surface area contributed by atoms with Crippen LogP contribution in [-0.2, 0) is 0 Å². The minimum absolute atomic E-state index is 0.887. The van der Waals surface area contributed by atoms with Gasteiger partial charge in [0.25, 0.3) is 0 Å². The van der Waals surface area contributed by atoms with Gasteiger partial charge in [0.05, 0.1) is 5.69 Å². The van der Waals surface area contributed by atoms with Crippen molar-refractivity contribution in [3.63, 3.8) is 0 Å². The maximum atomic E-state index is 3.90. The summed E-state index contributed by atoms with van der Waals surface area (Å²) in [6.45, 7) is 7.44. The molecular formula is C14H15N5. The highest BCUT2D eigenvalue weighted by atomic mass is 15.5. The number of allylic oxidation sites excluding steroid dienone is 4. The van der Waals surface area contributed by atoms with Crippen molar-refractivity contribution >= 4 is 12.3 Å². The second-order valence-electron chi connectivity index (χ2n) is 3.99. The van der Waals surface area contributed by atoms with Crippen LogP contribution in [-0.4, -0.2) is 26.9 Å². The SMILES string of the molecule is C=NC(C)=CC(=CC)c1ccc(-n2cnnn2)cc1. The molecule has 0 saturated carbocycles. The number of rotatable bonds is 4. The first kappa shape index (κ1) is 12.9. The molecule has 0 aliphatic heterocycles. The van der Waals surface area contributed by atoms with Crippen LogP contribution in [0.25, 0.3) is 11.3 Å². The third-order valence-corrected chi connectivity index (χ3v) is 2.74. The van der Waals surface area contributed by atoms with Gasteiger partial charge in [0.15, 0.2) is 0 Å². The Labute approximate surface area is 112 Å². The fraction of sp³-hybridized carbons (Fsp3) is 0.143. The van der Waals surface area contributed by atoms with Gasteiger partial charge in [-0.25, -0.2) is 4.68 Å². The van der Waals surface area contributed by atoms with E-state index in [-0.39, 0.29) is 0 Å². The molecule has 5 heteroatoms. The summed E-state index contributed by atoms with van der Waals surface area (Å²) in [6, 6.07) is 8.00. The number of tetrazole rings is 1. The van der Waals surface area contributed by atoms with Crippen molar-refractivity contribution in [3.8, 4) is 5.69 Å². The van der Waals surface area contributed by atoms with Crippen LogP contribution in [0.4, 0.5) is 0 Å². The largest absolute Gasteiger partial charge is 0.269 e. The molecule has 0 spiro atoms. The molecule has 0 atom stereocenters. The normalized spacial score (nSPS) is 12.5. The van der Waals surface area contributed by atoms with Gasteiger partial charge in [-0.1, -0.05) is 18.2 Å². The van der Waals surface area contributed by atoms with E-state index in [0.717, 1.165) is 22.5 Å². The maximum Gasteiger partial charge on any atom is 0.143 e. The summed E-state index contributed by atoms with van der Waals surface area (Å²) >= 11 is 0. The number of aliphatic imine (C=N–C) groups is 1. The van der Waals surface area contributed by atoms with Crippen molar-refractivity contribution in [2.45, 2.75) is 13.8 Å². The zero-order chi connectivity index (χ0) is 13.7. The Kier molecular flexibility index (Phi) is 3.97. The Morgan fingerprint density at radius 2 is 2.05 bits per heavy atom. The molecule has 1 aromatic carbocycles. The predicted octanol–water partition coefficient (Wildman–Crippen LogP) is 2.67. The zero-order valence-electron chi connectivity index (χ0n) is 11.0. The lowest BCUT2D eigenvalue weighted by Gasteiger charge is -2.05. The quantitative estimate of drug-likeness (QED) is 0.621. The number of aromatic nitrogens is 4. The molecule has 2 rings (SSSR count). The Morgan fingerprint density at radius 1 is 1.32 bits per heavy atom. The molecule has 96 valence electrons. The number of hydrogen-bond donors (Lipinski definition) is 0. The van der Waals surface area contributed by atoms with E-state index in [1.54, 1.807) is 11.0 Å². The molecule has 0 aliphatic rings. The van der Waals surface area contributed by atoms with E-state index >= 15 is 0 Å². The zero-order valence-corrected chi connectivity index (χ0v) is 11.0. The van der Waals surface area contributed by atoms with Gasteiger partial charge in [-0.05, 0) is 60.3 Å². The van der Waals surface area contributed by atoms with Crippen LogP contribution in [0.5, 0.6) is 0 Å². The van der Waals surface area contributed by atoms with Crippen molar-refractivity contribution in [1.82, 2.24) is 20.2 Å². The average molecular weight is 253 g/mol. The van der Waals surface area contributed by atoms with Gasteiger partial charge in [0, 0.05) is 5.70 Å². The van der Waals surface area contributed by atoms with Crippen LogP contribution in [0, 0.1) is 0 Å². The van der Waals surface area contributed by atoms with Gasteiger partial charge in [-0.3, -0.25) is 4.99 Å². The fourth-order valence-corrected chi connectivity index (χ4v) is 1.69. The molecule has 0 aliphatic carbocycles. The first-order chi connectivity index (χ1) is 9.24. The second kappa shape index (κ2) is 5.86. The Bertz CT molecular complexity index is 606. The third-order valence-electron chi connectivity index (χ3n) is 2.74. The van der Waals surface area contributed by atoms with Crippen LogP contribution in [0.2, 0.25) is 0 Å². The lowest BCUT2D eigenvalue weighted by atomic mass is 10.0. The Balaban J connectivity index is 2.30. The average Bonchev–Trinajstić information content (AvgIpc) is 2.99. The molecular weight excluding hydrogens is 238 g/mol. The van der Waals surface area contributed by atoms with E-state index in [2.05, 4.69) is 27.2 Å². The Morgan fingerprint density at radius 3 is 2.58 bits per heavy atom. The molecule has 5 nitrogen and oxygen atoms in total. The van der Waals surface area contributed by atoms with Crippen LogP contribution in [0.15, 0.2) is 53.4 Å². The van der Waals surface area contributed by atoms with Crippen LogP contribution in [0.3, 0.4) is 0 Å². The van der Waals surface area contributed by atoms with Gasteiger partial charge in [-0.2, -0.15) is 0 Å². The summed E-state index contributed by atoms with van der Waals surface area (Å²) in [7, 11) is 0. The summed E-state index contributed by atoms with van der Waals surface area (Å²) in [5.41, 5.74) is 4.03. The van der Waals surface area contributed by atoms with Crippen molar-refractivity contribution in [2.24, 2.45) is 4.99 Å². The van der Waals surface area contributed by atoms with E-state index in [0.29, 0.717) is 0 Å². The number of benzene rings is 1. The van der Waals surface area contributed by atoms with Crippen molar-refractivity contribution in [1.29, 1.82) is 0 Å². The molecule has 1 heterocycles.